The summed E-state index contributed by atoms with van der Waals surface area (Å²) in [5.74, 6) is 0.857. The van der Waals surface area contributed by atoms with E-state index < -0.39 is 0 Å². The molecule has 2 aromatic rings. The summed E-state index contributed by atoms with van der Waals surface area (Å²) in [7, 11) is 0. The van der Waals surface area contributed by atoms with E-state index in [0.29, 0.717) is 0 Å². The fraction of sp³-hybridized carbons (Fsp3) is 0.400. The largest absolute Gasteiger partial charge is 0.396 e. The van der Waals surface area contributed by atoms with Gasteiger partial charge in [-0.15, -0.1) is 11.3 Å². The number of thiophene rings is 1. The smallest absolute Gasteiger partial charge is 0.147 e. The van der Waals surface area contributed by atoms with Gasteiger partial charge in [-0.3, -0.25) is 0 Å². The van der Waals surface area contributed by atoms with Gasteiger partial charge >= 0.3 is 0 Å². The topological polar surface area (TPSA) is 58.0 Å². The highest BCUT2D eigenvalue weighted by Crippen LogP contribution is 2.25. The molecule has 2 rings (SSSR count). The predicted molar refractivity (Wildman–Crippen MR) is 62.2 cm³/mol. The summed E-state index contributed by atoms with van der Waals surface area (Å²) in [6.45, 7) is 2.21. The number of aromatic nitrogens is 2. The average Bonchev–Trinajstić information content (AvgIpc) is 2.67. The van der Waals surface area contributed by atoms with Crippen molar-refractivity contribution in [1.29, 1.82) is 0 Å². The summed E-state index contributed by atoms with van der Waals surface area (Å²) in [5.41, 5.74) is 0.966. The van der Waals surface area contributed by atoms with Crippen molar-refractivity contribution in [2.45, 2.75) is 19.4 Å². The Morgan fingerprint density at radius 2 is 2.40 bits per heavy atom. The van der Waals surface area contributed by atoms with Gasteiger partial charge in [-0.25, -0.2) is 9.97 Å². The molecule has 2 N–H and O–H groups in total. The number of hydrogen-bond acceptors (Lipinski definition) is 5. The standard InChI is InChI=1S/C10H13N3OS/c1-7(2-4-14)13-10-9-8(3-5-15-9)11-6-12-10/h3,5-7,14H,2,4H2,1H3,(H,11,12,13). The number of anilines is 1. The molecule has 0 aliphatic rings. The summed E-state index contributed by atoms with van der Waals surface area (Å²) in [4.78, 5) is 8.37. The second-order valence-corrected chi connectivity index (χ2v) is 4.33. The van der Waals surface area contributed by atoms with E-state index in [4.69, 9.17) is 5.11 Å². The first kappa shape index (κ1) is 10.3. The Kier molecular flexibility index (Phi) is 3.13. The lowest BCUT2D eigenvalue weighted by Crippen LogP contribution is -2.17. The molecule has 0 bridgehead atoms. The van der Waals surface area contributed by atoms with Crippen molar-refractivity contribution in [3.63, 3.8) is 0 Å². The van der Waals surface area contributed by atoms with E-state index in [1.165, 1.54) is 0 Å². The molecular formula is C10H13N3OS. The van der Waals surface area contributed by atoms with Gasteiger partial charge in [0.15, 0.2) is 0 Å². The third-order valence-corrected chi connectivity index (χ3v) is 3.10. The average molecular weight is 223 g/mol. The molecule has 0 saturated carbocycles. The maximum Gasteiger partial charge on any atom is 0.147 e. The van der Waals surface area contributed by atoms with Crippen LogP contribution in [0.25, 0.3) is 10.2 Å². The monoisotopic (exact) mass is 223 g/mol. The van der Waals surface area contributed by atoms with Gasteiger partial charge in [0, 0.05) is 12.6 Å². The zero-order chi connectivity index (χ0) is 10.7. The fourth-order valence-corrected chi connectivity index (χ4v) is 2.19. The highest BCUT2D eigenvalue weighted by molar-refractivity contribution is 7.17. The van der Waals surface area contributed by atoms with Crippen LogP contribution in [-0.2, 0) is 0 Å². The summed E-state index contributed by atoms with van der Waals surface area (Å²) < 4.78 is 1.07. The van der Waals surface area contributed by atoms with Crippen molar-refractivity contribution in [3.8, 4) is 0 Å². The Morgan fingerprint density at radius 1 is 1.53 bits per heavy atom. The molecule has 0 saturated heterocycles. The van der Waals surface area contributed by atoms with Gasteiger partial charge in [0.25, 0.3) is 0 Å². The molecule has 2 aromatic heterocycles. The van der Waals surface area contributed by atoms with Crippen molar-refractivity contribution in [3.05, 3.63) is 17.8 Å². The molecule has 0 aromatic carbocycles. The molecule has 15 heavy (non-hydrogen) atoms. The van der Waals surface area contributed by atoms with E-state index in [0.717, 1.165) is 22.5 Å². The minimum absolute atomic E-state index is 0.187. The normalized spacial score (nSPS) is 12.9. The van der Waals surface area contributed by atoms with Gasteiger partial charge in [0.2, 0.25) is 0 Å². The minimum atomic E-state index is 0.187. The van der Waals surface area contributed by atoms with Crippen LogP contribution < -0.4 is 5.32 Å². The molecule has 0 aliphatic heterocycles. The van der Waals surface area contributed by atoms with Gasteiger partial charge in [-0.2, -0.15) is 0 Å². The van der Waals surface area contributed by atoms with E-state index >= 15 is 0 Å². The van der Waals surface area contributed by atoms with E-state index in [9.17, 15) is 0 Å². The predicted octanol–water partition coefficient (Wildman–Crippen LogP) is 1.87. The van der Waals surface area contributed by atoms with Crippen LogP contribution in [0.3, 0.4) is 0 Å². The van der Waals surface area contributed by atoms with E-state index in [1.807, 2.05) is 18.4 Å². The lowest BCUT2D eigenvalue weighted by molar-refractivity contribution is 0.282. The number of aliphatic hydroxyl groups excluding tert-OH is 1. The maximum atomic E-state index is 8.82. The molecule has 1 unspecified atom stereocenters. The Balaban J connectivity index is 2.23. The molecule has 0 spiro atoms. The van der Waals surface area contributed by atoms with Gasteiger partial charge in [0.05, 0.1) is 10.2 Å². The second-order valence-electron chi connectivity index (χ2n) is 3.41. The molecular weight excluding hydrogens is 210 g/mol. The second kappa shape index (κ2) is 4.55. The zero-order valence-corrected chi connectivity index (χ0v) is 9.29. The number of fused-ring (bicyclic) bond motifs is 1. The highest BCUT2D eigenvalue weighted by atomic mass is 32.1. The van der Waals surface area contributed by atoms with E-state index in [-0.39, 0.29) is 12.6 Å². The van der Waals surface area contributed by atoms with Crippen molar-refractivity contribution < 1.29 is 5.11 Å². The lowest BCUT2D eigenvalue weighted by Gasteiger charge is -2.12. The van der Waals surface area contributed by atoms with E-state index in [1.54, 1.807) is 17.7 Å². The number of nitrogens with zero attached hydrogens (tertiary/aromatic N) is 2. The summed E-state index contributed by atoms with van der Waals surface area (Å²) >= 11 is 1.62. The van der Waals surface area contributed by atoms with Crippen molar-refractivity contribution in [1.82, 2.24) is 9.97 Å². The first-order valence-electron chi connectivity index (χ1n) is 4.87. The Morgan fingerprint density at radius 3 is 3.20 bits per heavy atom. The van der Waals surface area contributed by atoms with Gasteiger partial charge in [-0.1, -0.05) is 0 Å². The first-order chi connectivity index (χ1) is 7.31. The van der Waals surface area contributed by atoms with Gasteiger partial charge < -0.3 is 10.4 Å². The molecule has 80 valence electrons. The van der Waals surface area contributed by atoms with Crippen LogP contribution in [0, 0.1) is 0 Å². The lowest BCUT2D eigenvalue weighted by atomic mass is 10.2. The highest BCUT2D eigenvalue weighted by Gasteiger charge is 2.07. The Hall–Kier alpha value is -1.20. The zero-order valence-electron chi connectivity index (χ0n) is 8.47. The van der Waals surface area contributed by atoms with Crippen LogP contribution in [0.2, 0.25) is 0 Å². The quantitative estimate of drug-likeness (QED) is 0.830. The SMILES string of the molecule is CC(CCO)Nc1ncnc2ccsc12. The summed E-state index contributed by atoms with van der Waals surface area (Å²) in [6, 6.07) is 2.19. The van der Waals surface area contributed by atoms with Gasteiger partial charge in [0.1, 0.15) is 12.1 Å². The maximum absolute atomic E-state index is 8.82. The van der Waals surface area contributed by atoms with Crippen molar-refractivity contribution >= 4 is 27.4 Å². The molecule has 1 atom stereocenters. The molecule has 2 heterocycles. The van der Waals surface area contributed by atoms with Crippen LogP contribution >= 0.6 is 11.3 Å². The minimum Gasteiger partial charge on any atom is -0.396 e. The summed E-state index contributed by atoms with van der Waals surface area (Å²) in [5, 5.41) is 14.1. The molecule has 4 nitrogen and oxygen atoms in total. The molecule has 0 radical (unpaired) electrons. The van der Waals surface area contributed by atoms with Crippen molar-refractivity contribution in [2.24, 2.45) is 0 Å². The van der Waals surface area contributed by atoms with Crippen LogP contribution in [-0.4, -0.2) is 27.7 Å². The number of rotatable bonds is 4. The Labute approximate surface area is 92.0 Å². The Bertz CT molecular complexity index is 443. The number of hydrogen-bond donors (Lipinski definition) is 2. The molecule has 5 heteroatoms. The number of aliphatic hydroxyl groups is 1. The third-order valence-electron chi connectivity index (χ3n) is 2.19. The molecule has 0 fully saturated rings. The van der Waals surface area contributed by atoms with E-state index in [2.05, 4.69) is 15.3 Å². The van der Waals surface area contributed by atoms with Crippen LogP contribution in [0.1, 0.15) is 13.3 Å². The van der Waals surface area contributed by atoms with Crippen LogP contribution in [0.15, 0.2) is 17.8 Å². The van der Waals surface area contributed by atoms with Crippen LogP contribution in [0.4, 0.5) is 5.82 Å². The van der Waals surface area contributed by atoms with Crippen LogP contribution in [0.5, 0.6) is 0 Å². The first-order valence-corrected chi connectivity index (χ1v) is 5.75. The molecule has 0 aliphatic carbocycles. The molecule has 0 amide bonds. The summed E-state index contributed by atoms with van der Waals surface area (Å²) in [6.07, 6.45) is 2.28. The fourth-order valence-electron chi connectivity index (χ4n) is 1.39. The van der Waals surface area contributed by atoms with Crippen molar-refractivity contribution in [2.75, 3.05) is 11.9 Å². The number of nitrogens with one attached hydrogen (secondary N) is 1. The van der Waals surface area contributed by atoms with Gasteiger partial charge in [-0.05, 0) is 24.8 Å². The third kappa shape index (κ3) is 2.24.